The van der Waals surface area contributed by atoms with E-state index in [9.17, 15) is 9.59 Å². The van der Waals surface area contributed by atoms with Gasteiger partial charge in [0.25, 0.3) is 0 Å². The van der Waals surface area contributed by atoms with Crippen molar-refractivity contribution in [3.8, 4) is 0 Å². The third kappa shape index (κ3) is 7.34. The van der Waals surface area contributed by atoms with Crippen molar-refractivity contribution >= 4 is 24.2 Å². The van der Waals surface area contributed by atoms with Gasteiger partial charge in [0, 0.05) is 19.5 Å². The van der Waals surface area contributed by atoms with Crippen LogP contribution in [0.2, 0.25) is 0 Å². The molecule has 1 aromatic rings. The Balaban J connectivity index is 0.00000338. The van der Waals surface area contributed by atoms with Crippen LogP contribution < -0.4 is 10.6 Å². The van der Waals surface area contributed by atoms with E-state index >= 15 is 0 Å². The van der Waals surface area contributed by atoms with E-state index in [1.165, 1.54) is 0 Å². The van der Waals surface area contributed by atoms with E-state index in [4.69, 9.17) is 0 Å². The van der Waals surface area contributed by atoms with Gasteiger partial charge in [0.2, 0.25) is 11.8 Å². The fourth-order valence-electron chi connectivity index (χ4n) is 3.41. The fourth-order valence-corrected chi connectivity index (χ4v) is 3.41. The molecule has 0 aliphatic carbocycles. The largest absolute Gasteiger partial charge is 0.347 e. The smallest absolute Gasteiger partial charge is 0.242 e. The van der Waals surface area contributed by atoms with Crippen LogP contribution in [0.4, 0.5) is 0 Å². The number of benzene rings is 1. The number of hydrogen-bond acceptors (Lipinski definition) is 3. The van der Waals surface area contributed by atoms with Crippen molar-refractivity contribution in [1.29, 1.82) is 0 Å². The maximum absolute atomic E-state index is 12.4. The van der Waals surface area contributed by atoms with Crippen LogP contribution in [0.25, 0.3) is 0 Å². The van der Waals surface area contributed by atoms with E-state index in [0.717, 1.165) is 31.5 Å². The molecule has 2 amide bonds. The highest BCUT2D eigenvalue weighted by atomic mass is 35.5. The van der Waals surface area contributed by atoms with E-state index in [-0.39, 0.29) is 30.8 Å². The Morgan fingerprint density at radius 1 is 1.23 bits per heavy atom. The third-order valence-electron chi connectivity index (χ3n) is 5.08. The lowest BCUT2D eigenvalue weighted by Gasteiger charge is -2.28. The number of piperidine rings is 1. The van der Waals surface area contributed by atoms with Crippen molar-refractivity contribution in [3.05, 3.63) is 35.9 Å². The summed E-state index contributed by atoms with van der Waals surface area (Å²) in [6.45, 7) is 7.48. The maximum atomic E-state index is 12.4. The Bertz CT molecular complexity index is 547. The van der Waals surface area contributed by atoms with Crippen LogP contribution >= 0.6 is 12.4 Å². The summed E-state index contributed by atoms with van der Waals surface area (Å²) in [5, 5.41) is 6.16. The number of likely N-dealkylation sites (N-methyl/N-ethyl adjacent to an activating group) is 1. The summed E-state index contributed by atoms with van der Waals surface area (Å²) in [6.07, 6.45) is 2.77. The number of rotatable bonds is 8. The van der Waals surface area contributed by atoms with E-state index in [1.807, 2.05) is 37.3 Å². The summed E-state index contributed by atoms with van der Waals surface area (Å²) in [4.78, 5) is 26.3. The van der Waals surface area contributed by atoms with Crippen molar-refractivity contribution in [2.75, 3.05) is 26.2 Å². The van der Waals surface area contributed by atoms with Gasteiger partial charge in [-0.05, 0) is 50.3 Å². The van der Waals surface area contributed by atoms with Crippen LogP contribution in [-0.2, 0) is 16.1 Å². The molecule has 0 spiro atoms. The molecule has 5 nitrogen and oxygen atoms in total. The van der Waals surface area contributed by atoms with Gasteiger partial charge in [-0.3, -0.25) is 9.59 Å². The number of carbonyl (C=O) groups is 2. The molecule has 1 aromatic carbocycles. The van der Waals surface area contributed by atoms with Crippen LogP contribution in [0, 0.1) is 11.8 Å². The van der Waals surface area contributed by atoms with Crippen molar-refractivity contribution < 1.29 is 9.59 Å². The summed E-state index contributed by atoms with van der Waals surface area (Å²) in [5.41, 5.74) is 1.10. The highest BCUT2D eigenvalue weighted by Crippen LogP contribution is 2.24. The molecule has 2 rings (SSSR count). The molecule has 1 fully saturated rings. The highest BCUT2D eigenvalue weighted by Gasteiger charge is 2.22. The van der Waals surface area contributed by atoms with Crippen molar-refractivity contribution in [1.82, 2.24) is 15.5 Å². The lowest BCUT2D eigenvalue weighted by atomic mass is 9.84. The van der Waals surface area contributed by atoms with Crippen LogP contribution in [0.5, 0.6) is 0 Å². The average Bonchev–Trinajstić information content (AvgIpc) is 2.65. The first-order valence-electron chi connectivity index (χ1n) is 9.39. The summed E-state index contributed by atoms with van der Waals surface area (Å²) in [7, 11) is 0. The first kappa shape index (κ1) is 22.5. The maximum Gasteiger partial charge on any atom is 0.242 e. The molecule has 0 bridgehead atoms. The zero-order valence-corrected chi connectivity index (χ0v) is 16.7. The number of nitrogens with zero attached hydrogens (tertiary/aromatic N) is 1. The summed E-state index contributed by atoms with van der Waals surface area (Å²) >= 11 is 0. The standard InChI is InChI=1S/C20H31N3O2.ClH/c1-3-23(15-17-7-5-4-6-8-17)20(25)14-22-19(24)13-16(2)18-9-11-21-12-10-18;/h4-8,16,18,21H,3,9-15H2,1-2H3,(H,22,24);1H. The zero-order valence-electron chi connectivity index (χ0n) is 15.9. The lowest BCUT2D eigenvalue weighted by molar-refractivity contribution is -0.133. The molecule has 6 heteroatoms. The van der Waals surface area contributed by atoms with E-state index in [0.29, 0.717) is 31.3 Å². The molecule has 0 aromatic heterocycles. The third-order valence-corrected chi connectivity index (χ3v) is 5.08. The Kier molecular flexibility index (Phi) is 10.3. The predicted octanol–water partition coefficient (Wildman–Crippen LogP) is 2.60. The second-order valence-corrected chi connectivity index (χ2v) is 6.94. The van der Waals surface area contributed by atoms with Gasteiger partial charge in [0.15, 0.2) is 0 Å². The Morgan fingerprint density at radius 3 is 2.50 bits per heavy atom. The SMILES string of the molecule is CCN(Cc1ccccc1)C(=O)CNC(=O)CC(C)C1CCNCC1.Cl. The van der Waals surface area contributed by atoms with E-state index < -0.39 is 0 Å². The van der Waals surface area contributed by atoms with Gasteiger partial charge in [-0.1, -0.05) is 37.3 Å². The number of hydrogen-bond donors (Lipinski definition) is 2. The summed E-state index contributed by atoms with van der Waals surface area (Å²) in [6, 6.07) is 9.92. The highest BCUT2D eigenvalue weighted by molar-refractivity contribution is 5.85. The number of carbonyl (C=O) groups excluding carboxylic acids is 2. The van der Waals surface area contributed by atoms with Gasteiger partial charge in [-0.25, -0.2) is 0 Å². The second-order valence-electron chi connectivity index (χ2n) is 6.94. The van der Waals surface area contributed by atoms with Crippen molar-refractivity contribution in [2.24, 2.45) is 11.8 Å². The molecular formula is C20H32ClN3O2. The minimum absolute atomic E-state index is 0. The monoisotopic (exact) mass is 381 g/mol. The van der Waals surface area contributed by atoms with Crippen molar-refractivity contribution in [2.45, 2.75) is 39.7 Å². The molecule has 1 aliphatic rings. The normalized spacial score (nSPS) is 15.6. The predicted molar refractivity (Wildman–Crippen MR) is 107 cm³/mol. The van der Waals surface area contributed by atoms with Crippen LogP contribution in [0.3, 0.4) is 0 Å². The molecular weight excluding hydrogens is 350 g/mol. The molecule has 1 atom stereocenters. The van der Waals surface area contributed by atoms with Gasteiger partial charge < -0.3 is 15.5 Å². The average molecular weight is 382 g/mol. The Labute approximate surface area is 163 Å². The summed E-state index contributed by atoms with van der Waals surface area (Å²) in [5.74, 6) is 0.918. The zero-order chi connectivity index (χ0) is 18.1. The first-order valence-corrected chi connectivity index (χ1v) is 9.39. The van der Waals surface area contributed by atoms with E-state index in [1.54, 1.807) is 4.90 Å². The van der Waals surface area contributed by atoms with Crippen LogP contribution in [0.15, 0.2) is 30.3 Å². The molecule has 1 heterocycles. The first-order chi connectivity index (χ1) is 12.1. The Hall–Kier alpha value is -1.59. The van der Waals surface area contributed by atoms with Gasteiger partial charge in [-0.2, -0.15) is 0 Å². The molecule has 1 unspecified atom stereocenters. The molecule has 26 heavy (non-hydrogen) atoms. The van der Waals surface area contributed by atoms with Crippen LogP contribution in [0.1, 0.15) is 38.7 Å². The van der Waals surface area contributed by atoms with Gasteiger partial charge in [-0.15, -0.1) is 12.4 Å². The molecule has 0 radical (unpaired) electrons. The fraction of sp³-hybridized carbons (Fsp3) is 0.600. The van der Waals surface area contributed by atoms with Gasteiger partial charge >= 0.3 is 0 Å². The molecule has 1 aliphatic heterocycles. The van der Waals surface area contributed by atoms with Gasteiger partial charge in [0.05, 0.1) is 6.54 Å². The molecule has 1 saturated heterocycles. The van der Waals surface area contributed by atoms with Crippen LogP contribution in [-0.4, -0.2) is 42.9 Å². The Morgan fingerprint density at radius 2 is 1.88 bits per heavy atom. The van der Waals surface area contributed by atoms with E-state index in [2.05, 4.69) is 17.6 Å². The topological polar surface area (TPSA) is 61.4 Å². The minimum Gasteiger partial charge on any atom is -0.347 e. The number of nitrogens with one attached hydrogen (secondary N) is 2. The van der Waals surface area contributed by atoms with Crippen molar-refractivity contribution in [3.63, 3.8) is 0 Å². The number of halogens is 1. The lowest BCUT2D eigenvalue weighted by Crippen LogP contribution is -2.40. The molecule has 0 saturated carbocycles. The minimum atomic E-state index is -0.0331. The molecule has 2 N–H and O–H groups in total. The number of amides is 2. The summed E-state index contributed by atoms with van der Waals surface area (Å²) < 4.78 is 0. The quantitative estimate of drug-likeness (QED) is 0.727. The molecule has 146 valence electrons. The second kappa shape index (κ2) is 11.9. The van der Waals surface area contributed by atoms with Gasteiger partial charge in [0.1, 0.15) is 0 Å².